The topological polar surface area (TPSA) is 152 Å². The molecule has 1 atom stereocenters. The van der Waals surface area contributed by atoms with Crippen LogP contribution in [0.3, 0.4) is 0 Å². The zero-order chi connectivity index (χ0) is 42.6. The molecule has 0 radical (unpaired) electrons. The summed E-state index contributed by atoms with van der Waals surface area (Å²) in [6.07, 6.45) is -1.36. The van der Waals surface area contributed by atoms with Crippen LogP contribution in [0, 0.1) is 0 Å². The maximum atomic E-state index is 14.0. The number of aromatic nitrogens is 2. The molecule has 1 unspecified atom stereocenters. The Labute approximate surface area is 346 Å². The fraction of sp³-hybridized carbons (Fsp3) is 0.395. The third-order valence-electron chi connectivity index (χ3n) is 11.4. The molecule has 0 spiro atoms. The Bertz CT molecular complexity index is 2220. The van der Waals surface area contributed by atoms with E-state index in [2.05, 4.69) is 47.9 Å². The van der Waals surface area contributed by atoms with Crippen molar-refractivity contribution < 1.29 is 37.1 Å². The van der Waals surface area contributed by atoms with E-state index >= 15 is 0 Å². The summed E-state index contributed by atoms with van der Waals surface area (Å²) in [6, 6.07) is 19.4. The van der Waals surface area contributed by atoms with E-state index in [4.69, 9.17) is 4.74 Å². The van der Waals surface area contributed by atoms with E-state index in [1.54, 1.807) is 18.2 Å². The molecule has 0 bridgehead atoms. The first-order chi connectivity index (χ1) is 28.8. The molecule has 7 rings (SSSR count). The van der Waals surface area contributed by atoms with Crippen LogP contribution in [0.1, 0.15) is 60.0 Å². The van der Waals surface area contributed by atoms with Gasteiger partial charge in [0.15, 0.2) is 5.78 Å². The number of piperazine rings is 1. The van der Waals surface area contributed by atoms with Crippen molar-refractivity contribution in [3.05, 3.63) is 89.6 Å². The lowest BCUT2D eigenvalue weighted by molar-refractivity contribution is -0.147. The fourth-order valence-electron chi connectivity index (χ4n) is 7.90. The van der Waals surface area contributed by atoms with Gasteiger partial charge >= 0.3 is 6.18 Å². The van der Waals surface area contributed by atoms with E-state index in [1.807, 2.05) is 29.2 Å². The Morgan fingerprint density at radius 3 is 2.28 bits per heavy atom. The van der Waals surface area contributed by atoms with Crippen LogP contribution in [-0.2, 0) is 20.6 Å². The van der Waals surface area contributed by atoms with Gasteiger partial charge in [-0.15, -0.1) is 0 Å². The first-order valence-corrected chi connectivity index (χ1v) is 20.0. The van der Waals surface area contributed by atoms with Gasteiger partial charge in [-0.05, 0) is 87.2 Å². The van der Waals surface area contributed by atoms with Gasteiger partial charge in [-0.25, -0.2) is 4.98 Å². The van der Waals surface area contributed by atoms with E-state index in [0.29, 0.717) is 69.1 Å². The van der Waals surface area contributed by atoms with Gasteiger partial charge in [0.25, 0.3) is 5.91 Å². The van der Waals surface area contributed by atoms with Gasteiger partial charge in [-0.3, -0.25) is 29.0 Å². The van der Waals surface area contributed by atoms with E-state index < -0.39 is 23.6 Å². The van der Waals surface area contributed by atoms with Crippen LogP contribution < -0.4 is 25.6 Å². The number of methoxy groups -OCH3 is 1. The summed E-state index contributed by atoms with van der Waals surface area (Å²) in [5.74, 6) is -0.401. The van der Waals surface area contributed by atoms with Crippen LogP contribution in [0.4, 0.5) is 47.7 Å². The van der Waals surface area contributed by atoms with Crippen molar-refractivity contribution in [3.8, 4) is 5.75 Å². The number of piperidine rings is 2. The number of rotatable bonds is 12. The molecule has 14 nitrogen and oxygen atoms in total. The molecule has 0 saturated carbocycles. The molecular formula is C43H48F3N9O5. The molecule has 3 saturated heterocycles. The molecule has 0 aliphatic carbocycles. The third-order valence-corrected chi connectivity index (χ3v) is 11.4. The van der Waals surface area contributed by atoms with Gasteiger partial charge in [0.05, 0.1) is 25.0 Å². The maximum Gasteiger partial charge on any atom is 0.421 e. The monoisotopic (exact) mass is 827 g/mol. The predicted octanol–water partition coefficient (Wildman–Crippen LogP) is 6.28. The number of amides is 3. The molecule has 60 heavy (non-hydrogen) atoms. The molecule has 3 fully saturated rings. The zero-order valence-corrected chi connectivity index (χ0v) is 33.7. The smallest absolute Gasteiger partial charge is 0.421 e. The normalized spacial score (nSPS) is 18.0. The lowest BCUT2D eigenvalue weighted by atomic mass is 9.89. The van der Waals surface area contributed by atoms with E-state index in [-0.39, 0.29) is 40.7 Å². The number of likely N-dealkylation sites (tertiary alicyclic amines) is 2. The zero-order valence-electron chi connectivity index (χ0n) is 33.7. The number of nitrogens with zero attached hydrogens (tertiary/aromatic N) is 6. The van der Waals surface area contributed by atoms with Crippen molar-refractivity contribution in [1.82, 2.24) is 24.7 Å². The van der Waals surface area contributed by atoms with Crippen molar-refractivity contribution >= 4 is 58.0 Å². The van der Waals surface area contributed by atoms with Gasteiger partial charge < -0.3 is 30.5 Å². The molecule has 3 aromatic carbocycles. The highest BCUT2D eigenvalue weighted by Gasteiger charge is 2.36. The number of hydrogen-bond acceptors (Lipinski definition) is 12. The van der Waals surface area contributed by atoms with Crippen molar-refractivity contribution in [3.63, 3.8) is 0 Å². The number of hydrogen-bond donors (Lipinski definition) is 3. The van der Waals surface area contributed by atoms with Gasteiger partial charge in [0.1, 0.15) is 23.2 Å². The number of benzene rings is 3. The third kappa shape index (κ3) is 9.62. The van der Waals surface area contributed by atoms with Crippen molar-refractivity contribution in [1.29, 1.82) is 0 Å². The fourth-order valence-corrected chi connectivity index (χ4v) is 7.90. The number of imide groups is 1. The quantitative estimate of drug-likeness (QED) is 0.109. The van der Waals surface area contributed by atoms with E-state index in [1.165, 1.54) is 43.7 Å². The highest BCUT2D eigenvalue weighted by atomic mass is 19.4. The Kier molecular flexibility index (Phi) is 12.5. The van der Waals surface area contributed by atoms with Gasteiger partial charge in [-0.2, -0.15) is 18.2 Å². The van der Waals surface area contributed by atoms with E-state index in [0.717, 1.165) is 37.3 Å². The highest BCUT2D eigenvalue weighted by Crippen LogP contribution is 2.37. The van der Waals surface area contributed by atoms with Crippen LogP contribution in [0.25, 0.3) is 0 Å². The lowest BCUT2D eigenvalue weighted by Gasteiger charge is -2.38. The summed E-state index contributed by atoms with van der Waals surface area (Å²) < 4.78 is 47.5. The van der Waals surface area contributed by atoms with Gasteiger partial charge in [-0.1, -0.05) is 24.3 Å². The molecule has 316 valence electrons. The SMILES string of the molecule is COc1cc(N2CCN(C(=O)CN3CCC(c4ccc(NC5CCC(=O)N(C)C5=O)cc4)CC3)CC2)ccc1Nc1ncc(C(F)(F)F)c(Nc2ccccc2C(C)=O)n1. The first-order valence-electron chi connectivity index (χ1n) is 20.0. The van der Waals surface area contributed by atoms with Crippen LogP contribution >= 0.6 is 0 Å². The standard InChI is InChI=1S/C43H48F3N9O5/c1-27(56)32-6-4-5-7-34(32)49-40-33(43(44,45)46)25-47-42(51-40)50-35-13-12-31(24-37(35)60-3)54-20-22-55(23-21-54)39(58)26-53-18-16-29(17-19-53)28-8-10-30(11-9-28)48-36-14-15-38(57)52(2)41(36)59/h4-13,24-25,29,36,48H,14-23,26H2,1-3H3,(H2,47,49,50,51). The minimum absolute atomic E-state index is 0.0976. The predicted molar refractivity (Wildman–Crippen MR) is 221 cm³/mol. The Morgan fingerprint density at radius 1 is 0.883 bits per heavy atom. The highest BCUT2D eigenvalue weighted by molar-refractivity contribution is 6.01. The van der Waals surface area contributed by atoms with Crippen molar-refractivity contribution in [2.75, 3.05) is 80.8 Å². The minimum atomic E-state index is -4.76. The first kappa shape index (κ1) is 41.9. The number of ether oxygens (including phenoxy) is 1. The average molecular weight is 828 g/mol. The van der Waals surface area contributed by atoms with Crippen LogP contribution in [0.2, 0.25) is 0 Å². The summed E-state index contributed by atoms with van der Waals surface area (Å²) in [7, 11) is 3.01. The number of halogens is 3. The Morgan fingerprint density at radius 2 is 1.60 bits per heavy atom. The number of carbonyl (C=O) groups excluding carboxylic acids is 4. The average Bonchev–Trinajstić information content (AvgIpc) is 3.24. The van der Waals surface area contributed by atoms with Crippen LogP contribution in [0.15, 0.2) is 72.9 Å². The second-order valence-corrected chi connectivity index (χ2v) is 15.3. The number of carbonyl (C=O) groups is 4. The largest absolute Gasteiger partial charge is 0.494 e. The van der Waals surface area contributed by atoms with Gasteiger partial charge in [0.2, 0.25) is 17.8 Å². The summed E-state index contributed by atoms with van der Waals surface area (Å²) in [4.78, 5) is 65.3. The number of anilines is 6. The Hall–Kier alpha value is -6.23. The van der Waals surface area contributed by atoms with E-state index in [9.17, 15) is 32.3 Å². The number of nitrogens with one attached hydrogen (secondary N) is 3. The molecule has 4 aromatic rings. The van der Waals surface area contributed by atoms with Crippen LogP contribution in [-0.4, -0.2) is 114 Å². The molecule has 17 heteroatoms. The summed E-state index contributed by atoms with van der Waals surface area (Å²) in [5.41, 5.74) is 2.69. The minimum Gasteiger partial charge on any atom is -0.494 e. The number of para-hydroxylation sites is 1. The summed E-state index contributed by atoms with van der Waals surface area (Å²) in [6.45, 7) is 5.65. The number of alkyl halides is 3. The molecule has 4 heterocycles. The Balaban J connectivity index is 0.899. The van der Waals surface area contributed by atoms with Crippen molar-refractivity contribution in [2.24, 2.45) is 0 Å². The second kappa shape index (κ2) is 17.9. The summed E-state index contributed by atoms with van der Waals surface area (Å²) >= 11 is 0. The molecular weight excluding hydrogens is 780 g/mol. The molecule has 3 aliphatic rings. The lowest BCUT2D eigenvalue weighted by Crippen LogP contribution is -2.51. The molecule has 3 amide bonds. The maximum absolute atomic E-state index is 14.0. The molecule has 3 aliphatic heterocycles. The number of likely N-dealkylation sites (N-methyl/N-ethyl adjacent to an activating group) is 1. The molecule has 3 N–H and O–H groups in total. The van der Waals surface area contributed by atoms with Crippen molar-refractivity contribution in [2.45, 2.75) is 50.7 Å². The second-order valence-electron chi connectivity index (χ2n) is 15.3. The van der Waals surface area contributed by atoms with Crippen LogP contribution in [0.5, 0.6) is 5.75 Å². The number of Topliss-reactive ketones (excluding diaryl/α,β-unsaturated/α-hetero) is 1. The molecule has 1 aromatic heterocycles. The summed E-state index contributed by atoms with van der Waals surface area (Å²) in [5, 5.41) is 8.91. The van der Waals surface area contributed by atoms with Gasteiger partial charge in [0, 0.05) is 68.8 Å². The number of ketones is 1.